The van der Waals surface area contributed by atoms with Gasteiger partial charge in [0.15, 0.2) is 0 Å². The van der Waals surface area contributed by atoms with Crippen LogP contribution in [0.15, 0.2) is 24.3 Å². The molecule has 1 aromatic rings. The zero-order valence-electron chi connectivity index (χ0n) is 12.2. The van der Waals surface area contributed by atoms with Crippen LogP contribution in [0.3, 0.4) is 0 Å². The van der Waals surface area contributed by atoms with Crippen molar-refractivity contribution in [2.24, 2.45) is 5.41 Å². The molecule has 1 atom stereocenters. The second kappa shape index (κ2) is 6.42. The van der Waals surface area contributed by atoms with E-state index in [9.17, 15) is 5.11 Å². The van der Waals surface area contributed by atoms with Crippen LogP contribution in [0.25, 0.3) is 0 Å². The van der Waals surface area contributed by atoms with Crippen LogP contribution < -0.4 is 4.74 Å². The molecule has 1 fully saturated rings. The third-order valence-corrected chi connectivity index (χ3v) is 4.88. The number of aliphatic hydroxyl groups excluding tert-OH is 1. The number of ether oxygens (including phenoxy) is 1. The predicted octanol–water partition coefficient (Wildman–Crippen LogP) is 3.96. The first-order valence-electron chi connectivity index (χ1n) is 7.51. The van der Waals surface area contributed by atoms with E-state index < -0.39 is 0 Å². The molecule has 0 aliphatic heterocycles. The predicted molar refractivity (Wildman–Crippen MR) is 78.5 cm³/mol. The molecular formula is C17H26O2. The Hall–Kier alpha value is -1.02. The molecule has 0 bridgehead atoms. The molecule has 19 heavy (non-hydrogen) atoms. The lowest BCUT2D eigenvalue weighted by Gasteiger charge is -2.33. The van der Waals surface area contributed by atoms with Crippen molar-refractivity contribution >= 4 is 0 Å². The average molecular weight is 262 g/mol. The van der Waals surface area contributed by atoms with E-state index in [-0.39, 0.29) is 11.5 Å². The van der Waals surface area contributed by atoms with Crippen LogP contribution in [-0.4, -0.2) is 18.3 Å². The molecule has 0 radical (unpaired) electrons. The molecular weight excluding hydrogens is 236 g/mol. The lowest BCUT2D eigenvalue weighted by atomic mass is 9.76. The summed E-state index contributed by atoms with van der Waals surface area (Å²) in [5, 5.41) is 10.5. The van der Waals surface area contributed by atoms with Crippen molar-refractivity contribution in [3.05, 3.63) is 29.8 Å². The van der Waals surface area contributed by atoms with Gasteiger partial charge in [-0.05, 0) is 55.2 Å². The molecule has 1 saturated carbocycles. The Morgan fingerprint density at radius 1 is 1.21 bits per heavy atom. The van der Waals surface area contributed by atoms with Crippen LogP contribution in [0.4, 0.5) is 0 Å². The Labute approximate surface area is 116 Å². The third-order valence-electron chi connectivity index (χ3n) is 4.88. The zero-order chi connectivity index (χ0) is 13.7. The smallest absolute Gasteiger partial charge is 0.118 e. The van der Waals surface area contributed by atoms with Crippen molar-refractivity contribution in [1.82, 2.24) is 0 Å². The van der Waals surface area contributed by atoms with Crippen LogP contribution in [0.5, 0.6) is 5.75 Å². The molecule has 2 rings (SSSR count). The van der Waals surface area contributed by atoms with E-state index in [4.69, 9.17) is 4.74 Å². The Morgan fingerprint density at radius 2 is 1.84 bits per heavy atom. The van der Waals surface area contributed by atoms with Gasteiger partial charge in [0.25, 0.3) is 0 Å². The molecule has 0 heterocycles. The van der Waals surface area contributed by atoms with Crippen molar-refractivity contribution < 1.29 is 9.84 Å². The van der Waals surface area contributed by atoms with E-state index in [1.165, 1.54) is 31.2 Å². The highest BCUT2D eigenvalue weighted by atomic mass is 16.5. The summed E-state index contributed by atoms with van der Waals surface area (Å²) in [6.45, 7) is 2.22. The summed E-state index contributed by atoms with van der Waals surface area (Å²) in [7, 11) is 1.68. The third kappa shape index (κ3) is 3.30. The molecule has 2 heteroatoms. The van der Waals surface area contributed by atoms with Crippen molar-refractivity contribution in [1.29, 1.82) is 0 Å². The maximum Gasteiger partial charge on any atom is 0.118 e. The Morgan fingerprint density at radius 3 is 2.37 bits per heavy atom. The Bertz CT molecular complexity index is 377. The minimum absolute atomic E-state index is 0.151. The van der Waals surface area contributed by atoms with Crippen molar-refractivity contribution in [3.8, 4) is 5.75 Å². The lowest BCUT2D eigenvalue weighted by molar-refractivity contribution is 0.0192. The number of benzene rings is 1. The maximum absolute atomic E-state index is 10.5. The summed E-state index contributed by atoms with van der Waals surface area (Å²) in [4.78, 5) is 0. The summed E-state index contributed by atoms with van der Waals surface area (Å²) in [6.07, 6.45) is 7.76. The van der Waals surface area contributed by atoms with E-state index in [2.05, 4.69) is 19.1 Å². The number of hydrogen-bond acceptors (Lipinski definition) is 2. The van der Waals surface area contributed by atoms with Gasteiger partial charge in [0.1, 0.15) is 5.75 Å². The van der Waals surface area contributed by atoms with E-state index >= 15 is 0 Å². The molecule has 1 N–H and O–H groups in total. The molecule has 1 aliphatic rings. The first-order chi connectivity index (χ1) is 9.20. The largest absolute Gasteiger partial charge is 0.497 e. The molecule has 1 aromatic carbocycles. The standard InChI is InChI=1S/C17H26O2/c1-3-17(12-4-5-13-17)16(18)11-8-14-6-9-15(19-2)10-7-14/h6-7,9-10,16,18H,3-5,8,11-13H2,1-2H3. The van der Waals surface area contributed by atoms with Gasteiger partial charge in [-0.1, -0.05) is 31.9 Å². The van der Waals surface area contributed by atoms with Gasteiger partial charge in [-0.2, -0.15) is 0 Å². The Kier molecular flexibility index (Phi) is 4.87. The van der Waals surface area contributed by atoms with E-state index in [0.717, 1.165) is 25.0 Å². The van der Waals surface area contributed by atoms with E-state index in [1.54, 1.807) is 7.11 Å². The summed E-state index contributed by atoms with van der Waals surface area (Å²) >= 11 is 0. The normalized spacial score (nSPS) is 19.3. The summed E-state index contributed by atoms with van der Waals surface area (Å²) in [6, 6.07) is 8.18. The summed E-state index contributed by atoms with van der Waals surface area (Å²) in [5.74, 6) is 0.894. The first-order valence-corrected chi connectivity index (χ1v) is 7.51. The van der Waals surface area contributed by atoms with E-state index in [1.807, 2.05) is 12.1 Å². The van der Waals surface area contributed by atoms with Crippen LogP contribution in [0.1, 0.15) is 51.0 Å². The van der Waals surface area contributed by atoms with E-state index in [0.29, 0.717) is 0 Å². The average Bonchev–Trinajstić information content (AvgIpc) is 2.95. The van der Waals surface area contributed by atoms with Crippen molar-refractivity contribution in [3.63, 3.8) is 0 Å². The SMILES string of the molecule is CCC1(C(O)CCc2ccc(OC)cc2)CCCC1. The van der Waals surface area contributed by atoms with Gasteiger partial charge in [0, 0.05) is 0 Å². The molecule has 0 saturated heterocycles. The highest BCUT2D eigenvalue weighted by Gasteiger charge is 2.38. The first kappa shape index (κ1) is 14.4. The van der Waals surface area contributed by atoms with Gasteiger partial charge in [-0.25, -0.2) is 0 Å². The minimum atomic E-state index is -0.151. The van der Waals surface area contributed by atoms with Crippen LogP contribution >= 0.6 is 0 Å². The monoisotopic (exact) mass is 262 g/mol. The second-order valence-corrected chi connectivity index (χ2v) is 5.83. The lowest BCUT2D eigenvalue weighted by Crippen LogP contribution is -2.32. The van der Waals surface area contributed by atoms with Gasteiger partial charge < -0.3 is 9.84 Å². The maximum atomic E-state index is 10.5. The second-order valence-electron chi connectivity index (χ2n) is 5.83. The van der Waals surface area contributed by atoms with Gasteiger partial charge >= 0.3 is 0 Å². The van der Waals surface area contributed by atoms with Crippen LogP contribution in [0.2, 0.25) is 0 Å². The molecule has 0 spiro atoms. The fourth-order valence-electron chi connectivity index (χ4n) is 3.40. The summed E-state index contributed by atoms with van der Waals surface area (Å²) < 4.78 is 5.16. The number of methoxy groups -OCH3 is 1. The zero-order valence-corrected chi connectivity index (χ0v) is 12.2. The number of rotatable bonds is 6. The van der Waals surface area contributed by atoms with Gasteiger partial charge in [-0.3, -0.25) is 0 Å². The van der Waals surface area contributed by atoms with Crippen molar-refractivity contribution in [2.45, 2.75) is 58.0 Å². The van der Waals surface area contributed by atoms with Gasteiger partial charge in [0.05, 0.1) is 13.2 Å². The molecule has 1 unspecified atom stereocenters. The topological polar surface area (TPSA) is 29.5 Å². The molecule has 0 amide bonds. The summed E-state index contributed by atoms with van der Waals surface area (Å²) in [5.41, 5.74) is 1.48. The highest BCUT2D eigenvalue weighted by molar-refractivity contribution is 5.27. The molecule has 1 aliphatic carbocycles. The van der Waals surface area contributed by atoms with Crippen LogP contribution in [-0.2, 0) is 6.42 Å². The van der Waals surface area contributed by atoms with Gasteiger partial charge in [0.2, 0.25) is 0 Å². The van der Waals surface area contributed by atoms with Crippen LogP contribution in [0, 0.1) is 5.41 Å². The molecule has 2 nitrogen and oxygen atoms in total. The number of hydrogen-bond donors (Lipinski definition) is 1. The number of aryl methyl sites for hydroxylation is 1. The Balaban J connectivity index is 1.90. The highest BCUT2D eigenvalue weighted by Crippen LogP contribution is 2.45. The fourth-order valence-corrected chi connectivity index (χ4v) is 3.40. The molecule has 0 aromatic heterocycles. The van der Waals surface area contributed by atoms with Gasteiger partial charge in [-0.15, -0.1) is 0 Å². The quantitative estimate of drug-likeness (QED) is 0.841. The van der Waals surface area contributed by atoms with Crippen molar-refractivity contribution in [2.75, 3.05) is 7.11 Å². The fraction of sp³-hybridized carbons (Fsp3) is 0.647. The number of aliphatic hydroxyl groups is 1. The molecule has 106 valence electrons. The minimum Gasteiger partial charge on any atom is -0.497 e.